The monoisotopic (exact) mass is 253 g/mol. The van der Waals surface area contributed by atoms with E-state index >= 15 is 0 Å². The first kappa shape index (κ1) is 11.2. The van der Waals surface area contributed by atoms with Crippen LogP contribution in [-0.4, -0.2) is 20.7 Å². The molecular weight excluding hydrogens is 242 g/mol. The van der Waals surface area contributed by atoms with Gasteiger partial charge in [-0.3, -0.25) is 9.78 Å². The van der Waals surface area contributed by atoms with E-state index in [1.54, 1.807) is 29.3 Å². The van der Waals surface area contributed by atoms with Crippen molar-refractivity contribution < 1.29 is 4.79 Å². The maximum Gasteiger partial charge on any atom is 0.251 e. The zero-order chi connectivity index (χ0) is 13.4. The summed E-state index contributed by atoms with van der Waals surface area (Å²) in [7, 11) is 0. The van der Waals surface area contributed by atoms with E-state index in [1.807, 2.05) is 12.1 Å². The number of primary amides is 1. The molecule has 0 fully saturated rings. The number of hydrogen-bond acceptors (Lipinski definition) is 4. The third kappa shape index (κ3) is 1.79. The second-order valence-electron chi connectivity index (χ2n) is 4.13. The van der Waals surface area contributed by atoms with Crippen molar-refractivity contribution in [3.63, 3.8) is 0 Å². The molecule has 1 amide bonds. The summed E-state index contributed by atoms with van der Waals surface area (Å²) in [5.74, 6) is -0.507. The molecule has 3 aromatic rings. The molecule has 94 valence electrons. The predicted molar refractivity (Wildman–Crippen MR) is 71.8 cm³/mol. The average molecular weight is 253 g/mol. The minimum atomic E-state index is -0.507. The van der Waals surface area contributed by atoms with Crippen molar-refractivity contribution in [1.82, 2.24) is 14.8 Å². The number of nitrogens with two attached hydrogens (primary N) is 2. The molecule has 0 spiro atoms. The van der Waals surface area contributed by atoms with E-state index in [9.17, 15) is 4.79 Å². The molecule has 6 nitrogen and oxygen atoms in total. The molecule has 0 saturated heterocycles. The number of hydrogen-bond donors (Lipinski definition) is 2. The Morgan fingerprint density at radius 1 is 1.16 bits per heavy atom. The summed E-state index contributed by atoms with van der Waals surface area (Å²) in [4.78, 5) is 15.2. The SMILES string of the molecule is NC(=O)c1cnn(-c2ccc(N)c3cnccc23)c1. The van der Waals surface area contributed by atoms with Crippen molar-refractivity contribution in [3.8, 4) is 5.69 Å². The molecule has 0 bridgehead atoms. The molecule has 0 radical (unpaired) electrons. The molecule has 6 heteroatoms. The van der Waals surface area contributed by atoms with Crippen molar-refractivity contribution in [3.05, 3.63) is 48.5 Å². The second-order valence-corrected chi connectivity index (χ2v) is 4.13. The topological polar surface area (TPSA) is 99.8 Å². The van der Waals surface area contributed by atoms with Crippen molar-refractivity contribution in [1.29, 1.82) is 0 Å². The Hall–Kier alpha value is -2.89. The molecule has 0 unspecified atom stereocenters. The maximum absolute atomic E-state index is 11.1. The van der Waals surface area contributed by atoms with Gasteiger partial charge in [-0.15, -0.1) is 0 Å². The van der Waals surface area contributed by atoms with Gasteiger partial charge in [0.15, 0.2) is 0 Å². The fraction of sp³-hybridized carbons (Fsp3) is 0. The number of nitrogen functional groups attached to an aromatic ring is 1. The number of pyridine rings is 1. The summed E-state index contributed by atoms with van der Waals surface area (Å²) in [6, 6.07) is 5.48. The smallest absolute Gasteiger partial charge is 0.251 e. The quantitative estimate of drug-likeness (QED) is 0.668. The third-order valence-electron chi connectivity index (χ3n) is 2.94. The van der Waals surface area contributed by atoms with Crippen LogP contribution in [0.4, 0.5) is 5.69 Å². The van der Waals surface area contributed by atoms with E-state index in [0.717, 1.165) is 16.5 Å². The van der Waals surface area contributed by atoms with Crippen LogP contribution in [0.5, 0.6) is 0 Å². The van der Waals surface area contributed by atoms with Gasteiger partial charge in [0.05, 0.1) is 17.4 Å². The molecule has 2 heterocycles. The molecule has 4 N–H and O–H groups in total. The van der Waals surface area contributed by atoms with Crippen molar-refractivity contribution in [2.75, 3.05) is 5.73 Å². The fourth-order valence-corrected chi connectivity index (χ4v) is 1.98. The van der Waals surface area contributed by atoms with Crippen molar-refractivity contribution in [2.24, 2.45) is 5.73 Å². The minimum Gasteiger partial charge on any atom is -0.398 e. The predicted octanol–water partition coefficient (Wildman–Crippen LogP) is 1.10. The molecule has 0 aliphatic carbocycles. The largest absolute Gasteiger partial charge is 0.398 e. The van der Waals surface area contributed by atoms with Crippen LogP contribution < -0.4 is 11.5 Å². The van der Waals surface area contributed by atoms with Crippen LogP contribution in [0.15, 0.2) is 43.0 Å². The molecule has 3 rings (SSSR count). The second kappa shape index (κ2) is 4.09. The summed E-state index contributed by atoms with van der Waals surface area (Å²) in [5.41, 5.74) is 13.0. The normalized spacial score (nSPS) is 10.7. The molecule has 2 aromatic heterocycles. The molecule has 19 heavy (non-hydrogen) atoms. The molecule has 0 atom stereocenters. The minimum absolute atomic E-state index is 0.360. The highest BCUT2D eigenvalue weighted by Crippen LogP contribution is 2.26. The number of carbonyl (C=O) groups is 1. The van der Waals surface area contributed by atoms with Gasteiger partial charge in [0.1, 0.15) is 0 Å². The van der Waals surface area contributed by atoms with Gasteiger partial charge < -0.3 is 11.5 Å². The van der Waals surface area contributed by atoms with Crippen LogP contribution in [-0.2, 0) is 0 Å². The van der Waals surface area contributed by atoms with Gasteiger partial charge in [-0.05, 0) is 18.2 Å². The molecule has 1 aromatic carbocycles. The summed E-state index contributed by atoms with van der Waals surface area (Å²) < 4.78 is 1.60. The Morgan fingerprint density at radius 3 is 2.74 bits per heavy atom. The Kier molecular flexibility index (Phi) is 2.42. The van der Waals surface area contributed by atoms with E-state index in [0.29, 0.717) is 11.3 Å². The zero-order valence-electron chi connectivity index (χ0n) is 9.95. The summed E-state index contributed by atoms with van der Waals surface area (Å²) >= 11 is 0. The van der Waals surface area contributed by atoms with Crippen molar-refractivity contribution >= 4 is 22.4 Å². The first-order valence-corrected chi connectivity index (χ1v) is 5.64. The lowest BCUT2D eigenvalue weighted by molar-refractivity contribution is 0.100. The van der Waals surface area contributed by atoms with Gasteiger partial charge in [-0.1, -0.05) is 0 Å². The van der Waals surface area contributed by atoms with E-state index in [4.69, 9.17) is 11.5 Å². The van der Waals surface area contributed by atoms with Crippen LogP contribution in [0.25, 0.3) is 16.5 Å². The highest BCUT2D eigenvalue weighted by Gasteiger charge is 2.09. The number of anilines is 1. The van der Waals surface area contributed by atoms with Crippen LogP contribution in [0.2, 0.25) is 0 Å². The standard InChI is InChI=1S/C13H11N5O/c14-11-1-2-12(9-3-4-16-6-10(9)11)18-7-8(5-17-18)13(15)19/h1-7H,14H2,(H2,15,19). The maximum atomic E-state index is 11.1. The van der Waals surface area contributed by atoms with Crippen molar-refractivity contribution in [2.45, 2.75) is 0 Å². The summed E-state index contributed by atoms with van der Waals surface area (Å²) in [6.45, 7) is 0. The number of amides is 1. The van der Waals surface area contributed by atoms with Gasteiger partial charge in [-0.25, -0.2) is 4.68 Å². The Morgan fingerprint density at radius 2 is 2.00 bits per heavy atom. The van der Waals surface area contributed by atoms with Gasteiger partial charge in [0, 0.05) is 35.1 Å². The summed E-state index contributed by atoms with van der Waals surface area (Å²) in [6.07, 6.45) is 6.41. The third-order valence-corrected chi connectivity index (χ3v) is 2.94. The molecular formula is C13H11N5O. The van der Waals surface area contributed by atoms with Gasteiger partial charge in [0.2, 0.25) is 0 Å². The summed E-state index contributed by atoms with van der Waals surface area (Å²) in [5, 5.41) is 5.90. The number of aromatic nitrogens is 3. The van der Waals surface area contributed by atoms with Crippen LogP contribution in [0.1, 0.15) is 10.4 Å². The molecule has 0 saturated carbocycles. The van der Waals surface area contributed by atoms with Gasteiger partial charge in [-0.2, -0.15) is 5.10 Å². The molecule has 0 aliphatic heterocycles. The number of nitrogens with zero attached hydrogens (tertiary/aromatic N) is 3. The van der Waals surface area contributed by atoms with Crippen LogP contribution in [0.3, 0.4) is 0 Å². The number of carbonyl (C=O) groups excluding carboxylic acids is 1. The Labute approximate surface area is 108 Å². The Bertz CT molecular complexity index is 778. The van der Waals surface area contributed by atoms with Crippen LogP contribution >= 0.6 is 0 Å². The van der Waals surface area contributed by atoms with E-state index in [-0.39, 0.29) is 0 Å². The highest BCUT2D eigenvalue weighted by atomic mass is 16.1. The number of benzene rings is 1. The van der Waals surface area contributed by atoms with Crippen LogP contribution in [0, 0.1) is 0 Å². The number of rotatable bonds is 2. The van der Waals surface area contributed by atoms with E-state index < -0.39 is 5.91 Å². The first-order valence-electron chi connectivity index (χ1n) is 5.64. The Balaban J connectivity index is 2.24. The lowest BCUT2D eigenvalue weighted by Gasteiger charge is -2.08. The van der Waals surface area contributed by atoms with E-state index in [1.165, 1.54) is 6.20 Å². The van der Waals surface area contributed by atoms with Gasteiger partial charge >= 0.3 is 0 Å². The zero-order valence-corrected chi connectivity index (χ0v) is 9.95. The van der Waals surface area contributed by atoms with E-state index in [2.05, 4.69) is 10.1 Å². The van der Waals surface area contributed by atoms with Gasteiger partial charge in [0.25, 0.3) is 5.91 Å². The number of fused-ring (bicyclic) bond motifs is 1. The lowest BCUT2D eigenvalue weighted by Crippen LogP contribution is -2.09. The highest BCUT2D eigenvalue weighted by molar-refractivity contribution is 5.98. The average Bonchev–Trinajstić information content (AvgIpc) is 2.89. The fourth-order valence-electron chi connectivity index (χ4n) is 1.98. The molecule has 0 aliphatic rings. The first-order chi connectivity index (χ1) is 9.16. The lowest BCUT2D eigenvalue weighted by atomic mass is 10.1.